The van der Waals surface area contributed by atoms with E-state index in [1.807, 2.05) is 29.6 Å². The predicted octanol–water partition coefficient (Wildman–Crippen LogP) is 4.08. The highest BCUT2D eigenvalue weighted by Crippen LogP contribution is 2.32. The van der Waals surface area contributed by atoms with Crippen LogP contribution in [0.4, 0.5) is 0 Å². The molecule has 0 saturated heterocycles. The maximum Gasteiger partial charge on any atom is 0.159 e. The maximum atomic E-state index is 4.82. The van der Waals surface area contributed by atoms with Gasteiger partial charge in [-0.15, -0.1) is 11.3 Å². The van der Waals surface area contributed by atoms with Gasteiger partial charge in [-0.25, -0.2) is 19.9 Å². The highest BCUT2D eigenvalue weighted by molar-refractivity contribution is 7.13. The summed E-state index contributed by atoms with van der Waals surface area (Å²) in [6, 6.07) is 7.99. The van der Waals surface area contributed by atoms with Gasteiger partial charge in [-0.1, -0.05) is 6.07 Å². The zero-order chi connectivity index (χ0) is 19.2. The Balaban J connectivity index is 1.53. The third kappa shape index (κ3) is 2.59. The van der Waals surface area contributed by atoms with Crippen LogP contribution in [0.25, 0.3) is 55.3 Å². The molecule has 138 valence electrons. The van der Waals surface area contributed by atoms with Gasteiger partial charge in [-0.2, -0.15) is 5.10 Å². The van der Waals surface area contributed by atoms with Gasteiger partial charge in [0.25, 0.3) is 0 Å². The lowest BCUT2D eigenvalue weighted by Crippen LogP contribution is -1.86. The molecule has 6 aromatic rings. The Bertz CT molecular complexity index is 1450. The summed E-state index contributed by atoms with van der Waals surface area (Å²) >= 11 is 1.64. The number of aromatic amines is 2. The fraction of sp³-hybridized carbons (Fsp3) is 0. The minimum Gasteiger partial charge on any atom is -0.336 e. The lowest BCUT2D eigenvalue weighted by Gasteiger charge is -2.00. The molecule has 0 amide bonds. The molecule has 0 fully saturated rings. The number of nitrogens with zero attached hydrogens (tertiary/aromatic N) is 6. The van der Waals surface area contributed by atoms with E-state index < -0.39 is 0 Å². The van der Waals surface area contributed by atoms with E-state index in [9.17, 15) is 0 Å². The van der Waals surface area contributed by atoms with Gasteiger partial charge in [0.2, 0.25) is 0 Å². The first-order valence-electron chi connectivity index (χ1n) is 8.85. The van der Waals surface area contributed by atoms with Crippen molar-refractivity contribution in [3.8, 4) is 33.2 Å². The summed E-state index contributed by atoms with van der Waals surface area (Å²) in [5.74, 6) is 0.667. The van der Waals surface area contributed by atoms with Gasteiger partial charge in [0, 0.05) is 35.9 Å². The summed E-state index contributed by atoms with van der Waals surface area (Å²) < 4.78 is 0. The highest BCUT2D eigenvalue weighted by atomic mass is 32.1. The largest absolute Gasteiger partial charge is 0.336 e. The number of pyridine rings is 2. The fourth-order valence-electron chi connectivity index (χ4n) is 3.33. The van der Waals surface area contributed by atoms with Crippen molar-refractivity contribution in [1.29, 1.82) is 0 Å². The minimum atomic E-state index is 0.667. The molecule has 6 aromatic heterocycles. The number of rotatable bonds is 3. The summed E-state index contributed by atoms with van der Waals surface area (Å²) in [6.45, 7) is 0. The summed E-state index contributed by atoms with van der Waals surface area (Å²) in [6.07, 6.45) is 8.59. The second-order valence-corrected chi connectivity index (χ2v) is 7.39. The molecule has 2 N–H and O–H groups in total. The molecule has 0 aliphatic carbocycles. The van der Waals surface area contributed by atoms with Crippen LogP contribution in [0.3, 0.4) is 0 Å². The molecule has 8 nitrogen and oxygen atoms in total. The minimum absolute atomic E-state index is 0.667. The number of hydrogen-bond donors (Lipinski definition) is 2. The predicted molar refractivity (Wildman–Crippen MR) is 111 cm³/mol. The SMILES string of the molecule is c1csc(-c2nccc3[nH]c(-c4n[nH]c5ncc(-c6cncnc6)cc45)nc23)c1. The summed E-state index contributed by atoms with van der Waals surface area (Å²) in [5, 5.41) is 10.3. The number of aromatic nitrogens is 8. The Labute approximate surface area is 167 Å². The molecule has 0 atom stereocenters. The second-order valence-electron chi connectivity index (χ2n) is 6.44. The maximum absolute atomic E-state index is 4.82. The van der Waals surface area contributed by atoms with Gasteiger partial charge in [0.15, 0.2) is 11.5 Å². The van der Waals surface area contributed by atoms with E-state index in [0.29, 0.717) is 17.2 Å². The molecule has 6 heterocycles. The highest BCUT2D eigenvalue weighted by Gasteiger charge is 2.17. The Kier molecular flexibility index (Phi) is 3.47. The number of fused-ring (bicyclic) bond motifs is 2. The Morgan fingerprint density at radius 1 is 0.931 bits per heavy atom. The van der Waals surface area contributed by atoms with E-state index in [-0.39, 0.29) is 0 Å². The van der Waals surface area contributed by atoms with Crippen LogP contribution in [0.1, 0.15) is 0 Å². The van der Waals surface area contributed by atoms with E-state index in [0.717, 1.165) is 38.1 Å². The van der Waals surface area contributed by atoms with Crippen molar-refractivity contribution in [2.45, 2.75) is 0 Å². The smallest absolute Gasteiger partial charge is 0.159 e. The lowest BCUT2D eigenvalue weighted by atomic mass is 10.1. The van der Waals surface area contributed by atoms with Crippen molar-refractivity contribution in [2.75, 3.05) is 0 Å². The molecule has 0 unspecified atom stereocenters. The van der Waals surface area contributed by atoms with E-state index in [1.165, 1.54) is 6.33 Å². The molecule has 0 aliphatic rings. The van der Waals surface area contributed by atoms with Crippen molar-refractivity contribution >= 4 is 33.4 Å². The number of hydrogen-bond acceptors (Lipinski definition) is 7. The van der Waals surface area contributed by atoms with Crippen LogP contribution in [0, 0.1) is 0 Å². The van der Waals surface area contributed by atoms with E-state index >= 15 is 0 Å². The first-order chi connectivity index (χ1) is 14.4. The first-order valence-corrected chi connectivity index (χ1v) is 9.73. The summed E-state index contributed by atoms with van der Waals surface area (Å²) in [5.41, 5.74) is 5.80. The molecule has 29 heavy (non-hydrogen) atoms. The van der Waals surface area contributed by atoms with Gasteiger partial charge in [0.05, 0.1) is 15.8 Å². The number of thiophene rings is 1. The van der Waals surface area contributed by atoms with Crippen LogP contribution in [-0.4, -0.2) is 40.1 Å². The molecule has 0 radical (unpaired) electrons. The molecular formula is C20H12N8S. The molecule has 0 aromatic carbocycles. The zero-order valence-electron chi connectivity index (χ0n) is 14.9. The van der Waals surface area contributed by atoms with Gasteiger partial charge in [-0.05, 0) is 23.6 Å². The molecule has 9 heteroatoms. The van der Waals surface area contributed by atoms with Crippen LogP contribution >= 0.6 is 11.3 Å². The van der Waals surface area contributed by atoms with Crippen LogP contribution in [-0.2, 0) is 0 Å². The molecule has 0 bridgehead atoms. The summed E-state index contributed by atoms with van der Waals surface area (Å²) in [4.78, 5) is 26.5. The molecular weight excluding hydrogens is 384 g/mol. The van der Waals surface area contributed by atoms with Gasteiger partial charge >= 0.3 is 0 Å². The molecule has 0 aliphatic heterocycles. The van der Waals surface area contributed by atoms with Crippen LogP contribution in [0.15, 0.2) is 60.8 Å². The Morgan fingerprint density at radius 3 is 2.72 bits per heavy atom. The zero-order valence-corrected chi connectivity index (χ0v) is 15.7. The third-order valence-electron chi connectivity index (χ3n) is 4.69. The molecule has 0 saturated carbocycles. The van der Waals surface area contributed by atoms with Crippen LogP contribution < -0.4 is 0 Å². The number of H-pyrrole nitrogens is 2. The normalized spacial score (nSPS) is 11.4. The van der Waals surface area contributed by atoms with E-state index in [1.54, 1.807) is 36.1 Å². The molecule has 0 spiro atoms. The van der Waals surface area contributed by atoms with Crippen molar-refractivity contribution in [2.24, 2.45) is 0 Å². The topological polar surface area (TPSA) is 109 Å². The number of nitrogens with one attached hydrogen (secondary N) is 2. The van der Waals surface area contributed by atoms with Crippen molar-refractivity contribution in [1.82, 2.24) is 40.1 Å². The third-order valence-corrected chi connectivity index (χ3v) is 5.57. The number of imidazole rings is 1. The Morgan fingerprint density at radius 2 is 1.86 bits per heavy atom. The van der Waals surface area contributed by atoms with Crippen LogP contribution in [0.2, 0.25) is 0 Å². The second kappa shape index (κ2) is 6.28. The van der Waals surface area contributed by atoms with Crippen LogP contribution in [0.5, 0.6) is 0 Å². The fourth-order valence-corrected chi connectivity index (χ4v) is 4.05. The van der Waals surface area contributed by atoms with Gasteiger partial charge in [-0.3, -0.25) is 10.1 Å². The molecule has 6 rings (SSSR count). The quantitative estimate of drug-likeness (QED) is 0.466. The van der Waals surface area contributed by atoms with Crippen molar-refractivity contribution in [3.05, 3.63) is 60.8 Å². The van der Waals surface area contributed by atoms with Gasteiger partial charge in [0.1, 0.15) is 23.2 Å². The average molecular weight is 396 g/mol. The summed E-state index contributed by atoms with van der Waals surface area (Å²) in [7, 11) is 0. The van der Waals surface area contributed by atoms with E-state index in [2.05, 4.69) is 35.1 Å². The standard InChI is InChI=1S/C20H12N8S/c1-2-15(29-5-1)18-17-14(3-4-23-18)25-20(26-17)16-13-6-11(9-24-19(13)28-27-16)12-7-21-10-22-8-12/h1-10H,(H,25,26)(H,24,27,28). The van der Waals surface area contributed by atoms with Crippen molar-refractivity contribution < 1.29 is 0 Å². The average Bonchev–Trinajstić information content (AvgIpc) is 3.52. The lowest BCUT2D eigenvalue weighted by molar-refractivity contribution is 1.09. The van der Waals surface area contributed by atoms with E-state index in [4.69, 9.17) is 4.98 Å². The monoisotopic (exact) mass is 396 g/mol. The Hall–Kier alpha value is -3.98. The first kappa shape index (κ1) is 16.0. The van der Waals surface area contributed by atoms with Crippen molar-refractivity contribution in [3.63, 3.8) is 0 Å². The van der Waals surface area contributed by atoms with Gasteiger partial charge < -0.3 is 4.98 Å².